The molecule has 0 unspecified atom stereocenters. The van der Waals surface area contributed by atoms with Crippen LogP contribution in [0, 0.1) is 0 Å². The molecule has 0 aliphatic rings. The van der Waals surface area contributed by atoms with Gasteiger partial charge in [0.25, 0.3) is 0 Å². The Bertz CT molecular complexity index is 510. The van der Waals surface area contributed by atoms with Gasteiger partial charge in [0.1, 0.15) is 4.90 Å². The molecule has 1 heterocycles. The first kappa shape index (κ1) is 15.9. The molecule has 3 N–H and O–H groups in total. The molecule has 8 heteroatoms. The van der Waals surface area contributed by atoms with Crippen LogP contribution in [-0.4, -0.2) is 46.8 Å². The van der Waals surface area contributed by atoms with E-state index in [9.17, 15) is 8.42 Å². The lowest BCUT2D eigenvalue weighted by atomic mass is 10.3. The van der Waals surface area contributed by atoms with Crippen molar-refractivity contribution in [3.63, 3.8) is 0 Å². The van der Waals surface area contributed by atoms with Crippen molar-refractivity contribution in [2.75, 3.05) is 18.9 Å². The van der Waals surface area contributed by atoms with Crippen molar-refractivity contribution in [3.8, 4) is 0 Å². The predicted octanol–water partition coefficient (Wildman–Crippen LogP) is 0.267. The number of nitrogen functional groups attached to an aromatic ring is 1. The molecule has 0 saturated heterocycles. The van der Waals surface area contributed by atoms with Crippen LogP contribution in [0.5, 0.6) is 0 Å². The van der Waals surface area contributed by atoms with E-state index in [1.54, 1.807) is 13.8 Å². The molecule has 1 rings (SSSR count). The molecule has 0 radical (unpaired) electrons. The summed E-state index contributed by atoms with van der Waals surface area (Å²) in [4.78, 5) is 0.0287. The van der Waals surface area contributed by atoms with Gasteiger partial charge < -0.3 is 10.8 Å². The zero-order valence-corrected chi connectivity index (χ0v) is 12.4. The minimum absolute atomic E-state index is 0.0106. The molecule has 7 nitrogen and oxygen atoms in total. The number of anilines is 1. The highest BCUT2D eigenvalue weighted by molar-refractivity contribution is 7.89. The number of aliphatic hydroxyl groups is 1. The first-order chi connectivity index (χ1) is 8.84. The van der Waals surface area contributed by atoms with E-state index in [0.717, 1.165) is 0 Å². The number of nitrogens with two attached hydrogens (primary N) is 1. The standard InChI is InChI=1S/C11H22N4O3S/c1-4-14-8-10(11(12)13-14)19(17,18)15(9(2)3)6-5-7-16/h8-9,16H,4-7H2,1-3H3,(H2,12,13). The van der Waals surface area contributed by atoms with Crippen molar-refractivity contribution < 1.29 is 13.5 Å². The average molecular weight is 290 g/mol. The second-order valence-electron chi connectivity index (χ2n) is 4.52. The van der Waals surface area contributed by atoms with Crippen molar-refractivity contribution in [1.82, 2.24) is 14.1 Å². The SMILES string of the molecule is CCn1cc(S(=O)(=O)N(CCCO)C(C)C)c(N)n1. The Balaban J connectivity index is 3.14. The van der Waals surface area contributed by atoms with Gasteiger partial charge in [-0.15, -0.1) is 0 Å². The van der Waals surface area contributed by atoms with Gasteiger partial charge in [-0.1, -0.05) is 0 Å². The van der Waals surface area contributed by atoms with E-state index in [-0.39, 0.29) is 29.9 Å². The lowest BCUT2D eigenvalue weighted by molar-refractivity contribution is 0.258. The molecule has 0 bridgehead atoms. The molecule has 1 aromatic rings. The van der Waals surface area contributed by atoms with E-state index >= 15 is 0 Å². The maximum absolute atomic E-state index is 12.5. The van der Waals surface area contributed by atoms with Crippen LogP contribution in [0.25, 0.3) is 0 Å². The van der Waals surface area contributed by atoms with Gasteiger partial charge in [-0.2, -0.15) is 9.40 Å². The fourth-order valence-corrected chi connectivity index (χ4v) is 3.52. The summed E-state index contributed by atoms with van der Waals surface area (Å²) < 4.78 is 27.9. The van der Waals surface area contributed by atoms with E-state index < -0.39 is 10.0 Å². The molecule has 0 saturated carbocycles. The average Bonchev–Trinajstić information content (AvgIpc) is 2.71. The normalized spacial score (nSPS) is 12.5. The topological polar surface area (TPSA) is 101 Å². The smallest absolute Gasteiger partial charge is 0.248 e. The fourth-order valence-electron chi connectivity index (χ4n) is 1.79. The number of nitrogens with zero attached hydrogens (tertiary/aromatic N) is 3. The predicted molar refractivity (Wildman–Crippen MR) is 73.0 cm³/mol. The second kappa shape index (κ2) is 6.36. The van der Waals surface area contributed by atoms with Crippen LogP contribution in [0.1, 0.15) is 27.2 Å². The van der Waals surface area contributed by atoms with Crippen LogP contribution in [-0.2, 0) is 16.6 Å². The quantitative estimate of drug-likeness (QED) is 0.750. The summed E-state index contributed by atoms with van der Waals surface area (Å²) in [6, 6.07) is -0.207. The molecule has 0 amide bonds. The van der Waals surface area contributed by atoms with Gasteiger partial charge >= 0.3 is 0 Å². The van der Waals surface area contributed by atoms with Crippen LogP contribution >= 0.6 is 0 Å². The first-order valence-electron chi connectivity index (χ1n) is 6.30. The Morgan fingerprint density at radius 1 is 1.53 bits per heavy atom. The maximum atomic E-state index is 12.5. The van der Waals surface area contributed by atoms with Gasteiger partial charge in [0.2, 0.25) is 10.0 Å². The minimum Gasteiger partial charge on any atom is -0.396 e. The molecule has 1 aromatic heterocycles. The second-order valence-corrected chi connectivity index (χ2v) is 6.38. The zero-order valence-electron chi connectivity index (χ0n) is 11.6. The van der Waals surface area contributed by atoms with Gasteiger partial charge in [-0.05, 0) is 27.2 Å². The van der Waals surface area contributed by atoms with Gasteiger partial charge in [-0.3, -0.25) is 4.68 Å². The molecule has 0 atom stereocenters. The highest BCUT2D eigenvalue weighted by Gasteiger charge is 2.30. The van der Waals surface area contributed by atoms with Gasteiger partial charge in [0.15, 0.2) is 5.82 Å². The third-order valence-electron chi connectivity index (χ3n) is 2.78. The summed E-state index contributed by atoms with van der Waals surface area (Å²) >= 11 is 0. The Morgan fingerprint density at radius 2 is 2.16 bits per heavy atom. The minimum atomic E-state index is -3.68. The van der Waals surface area contributed by atoms with Crippen LogP contribution in [0.3, 0.4) is 0 Å². The van der Waals surface area contributed by atoms with Crippen molar-refractivity contribution in [2.45, 2.75) is 44.7 Å². The molecule has 0 spiro atoms. The number of aliphatic hydroxyl groups excluding tert-OH is 1. The maximum Gasteiger partial charge on any atom is 0.248 e. The summed E-state index contributed by atoms with van der Waals surface area (Å²) in [6.45, 7) is 6.19. The van der Waals surface area contributed by atoms with Gasteiger partial charge in [0.05, 0.1) is 0 Å². The number of aromatic nitrogens is 2. The third-order valence-corrected chi connectivity index (χ3v) is 4.87. The highest BCUT2D eigenvalue weighted by atomic mass is 32.2. The largest absolute Gasteiger partial charge is 0.396 e. The van der Waals surface area contributed by atoms with Crippen LogP contribution in [0.2, 0.25) is 0 Å². The highest BCUT2D eigenvalue weighted by Crippen LogP contribution is 2.23. The van der Waals surface area contributed by atoms with E-state index in [0.29, 0.717) is 13.0 Å². The zero-order chi connectivity index (χ0) is 14.6. The molecule has 0 aliphatic heterocycles. The van der Waals surface area contributed by atoms with Crippen LogP contribution < -0.4 is 5.73 Å². The number of hydrogen-bond donors (Lipinski definition) is 2. The number of hydrogen-bond acceptors (Lipinski definition) is 5. The van der Waals surface area contributed by atoms with E-state index in [1.807, 2.05) is 6.92 Å². The lowest BCUT2D eigenvalue weighted by Crippen LogP contribution is -2.38. The van der Waals surface area contributed by atoms with Crippen molar-refractivity contribution in [3.05, 3.63) is 6.20 Å². The summed E-state index contributed by atoms with van der Waals surface area (Å²) in [6.07, 6.45) is 1.83. The molecule has 110 valence electrons. The molecule has 19 heavy (non-hydrogen) atoms. The fraction of sp³-hybridized carbons (Fsp3) is 0.727. The Labute approximate surface area is 114 Å². The molecule has 0 aliphatic carbocycles. The van der Waals surface area contributed by atoms with Crippen LogP contribution in [0.4, 0.5) is 5.82 Å². The summed E-state index contributed by atoms with van der Waals surface area (Å²) in [7, 11) is -3.68. The van der Waals surface area contributed by atoms with E-state index in [4.69, 9.17) is 10.8 Å². The molecular formula is C11H22N4O3S. The van der Waals surface area contributed by atoms with Gasteiger partial charge in [-0.25, -0.2) is 8.42 Å². The lowest BCUT2D eigenvalue weighted by Gasteiger charge is -2.25. The Kier molecular flexibility index (Phi) is 5.33. The summed E-state index contributed by atoms with van der Waals surface area (Å²) in [5.74, 6) is 0.0106. The van der Waals surface area contributed by atoms with Crippen molar-refractivity contribution >= 4 is 15.8 Å². The molecule has 0 fully saturated rings. The Morgan fingerprint density at radius 3 is 2.58 bits per heavy atom. The monoisotopic (exact) mass is 290 g/mol. The summed E-state index contributed by atoms with van der Waals surface area (Å²) in [5, 5.41) is 12.8. The Hall–Kier alpha value is -1.12. The number of rotatable bonds is 7. The first-order valence-corrected chi connectivity index (χ1v) is 7.74. The third kappa shape index (κ3) is 3.46. The van der Waals surface area contributed by atoms with Crippen molar-refractivity contribution in [1.29, 1.82) is 0 Å². The number of aryl methyl sites for hydroxylation is 1. The summed E-state index contributed by atoms with van der Waals surface area (Å²) in [5.41, 5.74) is 5.68. The van der Waals surface area contributed by atoms with Crippen molar-refractivity contribution in [2.24, 2.45) is 0 Å². The van der Waals surface area contributed by atoms with E-state index in [2.05, 4.69) is 5.10 Å². The number of sulfonamides is 1. The van der Waals surface area contributed by atoms with Crippen LogP contribution in [0.15, 0.2) is 11.1 Å². The molecular weight excluding hydrogens is 268 g/mol. The van der Waals surface area contributed by atoms with E-state index in [1.165, 1.54) is 15.2 Å². The molecule has 0 aromatic carbocycles. The van der Waals surface area contributed by atoms with Gasteiger partial charge in [0, 0.05) is 31.9 Å².